The molecule has 1 amide bonds. The monoisotopic (exact) mass is 320 g/mol. The molecule has 8 nitrogen and oxygen atoms in total. The first-order chi connectivity index (χ1) is 11.0. The van der Waals surface area contributed by atoms with Gasteiger partial charge >= 0.3 is 12.1 Å². The Morgan fingerprint density at radius 2 is 1.74 bits per heavy atom. The second-order valence-corrected chi connectivity index (χ2v) is 4.68. The van der Waals surface area contributed by atoms with Crippen molar-refractivity contribution < 1.29 is 29.4 Å². The summed E-state index contributed by atoms with van der Waals surface area (Å²) in [5.74, 6) is -1.78. The molecule has 0 bridgehead atoms. The summed E-state index contributed by atoms with van der Waals surface area (Å²) in [7, 11) is 0. The fourth-order valence-corrected chi connectivity index (χ4v) is 1.66. The summed E-state index contributed by atoms with van der Waals surface area (Å²) < 4.78 is 5.51. The van der Waals surface area contributed by atoms with E-state index < -0.39 is 29.9 Å². The van der Waals surface area contributed by atoms with Crippen LogP contribution in [0.2, 0.25) is 0 Å². The standard InChI is InChI=1S/C15H16N2O6/c1-10(14(20)23-17-12(18)7-8-13(17)19)16-15(21)22-9-11-5-3-2-4-6-11/h2-8,10,18-19H,9H2,1H3,(H,16,21)/t10-/m0/s1. The highest BCUT2D eigenvalue weighted by Crippen LogP contribution is 2.18. The van der Waals surface area contributed by atoms with Gasteiger partial charge < -0.3 is 25.1 Å². The third-order valence-electron chi connectivity index (χ3n) is 2.88. The van der Waals surface area contributed by atoms with E-state index in [0.717, 1.165) is 17.7 Å². The Morgan fingerprint density at radius 1 is 1.13 bits per heavy atom. The third-order valence-corrected chi connectivity index (χ3v) is 2.88. The van der Waals surface area contributed by atoms with Crippen LogP contribution in [0.15, 0.2) is 42.5 Å². The van der Waals surface area contributed by atoms with Crippen molar-refractivity contribution >= 4 is 12.1 Å². The Balaban J connectivity index is 1.82. The fraction of sp³-hybridized carbons (Fsp3) is 0.200. The van der Waals surface area contributed by atoms with Crippen molar-refractivity contribution in [1.82, 2.24) is 10.0 Å². The Labute approximate surface area is 131 Å². The minimum atomic E-state index is -1.04. The second kappa shape index (κ2) is 7.21. The summed E-state index contributed by atoms with van der Waals surface area (Å²) in [5, 5.41) is 21.0. The van der Waals surface area contributed by atoms with Crippen molar-refractivity contribution in [2.24, 2.45) is 0 Å². The molecular weight excluding hydrogens is 304 g/mol. The maximum atomic E-state index is 11.8. The molecule has 1 aromatic carbocycles. The van der Waals surface area contributed by atoms with Crippen LogP contribution in [0.25, 0.3) is 0 Å². The van der Waals surface area contributed by atoms with Crippen molar-refractivity contribution in [2.45, 2.75) is 19.6 Å². The molecule has 1 heterocycles. The SMILES string of the molecule is C[C@H](NC(=O)OCc1ccccc1)C(=O)On1c(O)ccc1O. The fourth-order valence-electron chi connectivity index (χ4n) is 1.66. The molecule has 0 aliphatic rings. The Morgan fingerprint density at radius 3 is 2.35 bits per heavy atom. The number of aromatic hydroxyl groups is 2. The summed E-state index contributed by atoms with van der Waals surface area (Å²) in [6, 6.07) is 10.3. The van der Waals surface area contributed by atoms with E-state index in [2.05, 4.69) is 5.32 Å². The van der Waals surface area contributed by atoms with Gasteiger partial charge in [-0.25, -0.2) is 9.59 Å². The largest absolute Gasteiger partial charge is 0.492 e. The number of alkyl carbamates (subject to hydrolysis) is 1. The Kier molecular flexibility index (Phi) is 5.08. The lowest BCUT2D eigenvalue weighted by molar-refractivity contribution is -0.147. The smallest absolute Gasteiger partial charge is 0.408 e. The molecular formula is C15H16N2O6. The summed E-state index contributed by atoms with van der Waals surface area (Å²) in [6.45, 7) is 1.44. The highest BCUT2D eigenvalue weighted by molar-refractivity contribution is 5.81. The minimum Gasteiger partial charge on any atom is -0.492 e. The van der Waals surface area contributed by atoms with Gasteiger partial charge in [0.15, 0.2) is 0 Å². The molecule has 1 atom stereocenters. The van der Waals surface area contributed by atoms with E-state index in [4.69, 9.17) is 9.57 Å². The van der Waals surface area contributed by atoms with Gasteiger partial charge in [-0.1, -0.05) is 30.3 Å². The quantitative estimate of drug-likeness (QED) is 0.763. The van der Waals surface area contributed by atoms with Crippen LogP contribution >= 0.6 is 0 Å². The van der Waals surface area contributed by atoms with E-state index in [0.29, 0.717) is 4.73 Å². The van der Waals surface area contributed by atoms with Crippen LogP contribution < -0.4 is 10.2 Å². The van der Waals surface area contributed by atoms with Crippen LogP contribution in [0.4, 0.5) is 4.79 Å². The molecule has 3 N–H and O–H groups in total. The molecule has 2 aromatic rings. The van der Waals surface area contributed by atoms with Crippen LogP contribution in [0.3, 0.4) is 0 Å². The number of aromatic nitrogens is 1. The molecule has 0 saturated heterocycles. The van der Waals surface area contributed by atoms with E-state index in [1.165, 1.54) is 6.92 Å². The molecule has 0 aliphatic carbocycles. The zero-order valence-electron chi connectivity index (χ0n) is 12.3. The number of ether oxygens (including phenoxy) is 1. The van der Waals surface area contributed by atoms with Crippen LogP contribution in [0.5, 0.6) is 11.8 Å². The lowest BCUT2D eigenvalue weighted by Crippen LogP contribution is -2.42. The van der Waals surface area contributed by atoms with Crippen LogP contribution in [-0.4, -0.2) is 33.0 Å². The predicted octanol–water partition coefficient (Wildman–Crippen LogP) is 1.17. The first-order valence-corrected chi connectivity index (χ1v) is 6.76. The van der Waals surface area contributed by atoms with Gasteiger partial charge in [-0.2, -0.15) is 0 Å². The van der Waals surface area contributed by atoms with E-state index in [1.54, 1.807) is 12.1 Å². The van der Waals surface area contributed by atoms with Gasteiger partial charge in [0.25, 0.3) is 0 Å². The molecule has 0 spiro atoms. The summed E-state index contributed by atoms with van der Waals surface area (Å²) in [6.07, 6.45) is -0.792. The van der Waals surface area contributed by atoms with Crippen molar-refractivity contribution in [3.63, 3.8) is 0 Å². The van der Waals surface area contributed by atoms with Gasteiger partial charge in [-0.05, 0) is 12.5 Å². The average molecular weight is 320 g/mol. The first kappa shape index (κ1) is 16.2. The van der Waals surface area contributed by atoms with Gasteiger partial charge in [-0.15, -0.1) is 4.73 Å². The normalized spacial score (nSPS) is 11.5. The summed E-state index contributed by atoms with van der Waals surface area (Å²) in [4.78, 5) is 28.2. The second-order valence-electron chi connectivity index (χ2n) is 4.68. The number of carbonyl (C=O) groups excluding carboxylic acids is 2. The lowest BCUT2D eigenvalue weighted by atomic mass is 10.2. The van der Waals surface area contributed by atoms with E-state index in [-0.39, 0.29) is 6.61 Å². The van der Waals surface area contributed by atoms with Crippen LogP contribution in [0.1, 0.15) is 12.5 Å². The molecule has 0 radical (unpaired) electrons. The molecule has 2 rings (SSSR count). The number of hydrogen-bond donors (Lipinski definition) is 3. The van der Waals surface area contributed by atoms with Gasteiger partial charge in [0.05, 0.1) is 0 Å². The maximum Gasteiger partial charge on any atom is 0.408 e. The van der Waals surface area contributed by atoms with Gasteiger partial charge in [-0.3, -0.25) is 0 Å². The topological polar surface area (TPSA) is 110 Å². The van der Waals surface area contributed by atoms with E-state index >= 15 is 0 Å². The Hall–Kier alpha value is -3.16. The summed E-state index contributed by atoms with van der Waals surface area (Å²) in [5.41, 5.74) is 0.806. The zero-order valence-corrected chi connectivity index (χ0v) is 12.3. The first-order valence-electron chi connectivity index (χ1n) is 6.76. The number of nitrogens with one attached hydrogen (secondary N) is 1. The minimum absolute atomic E-state index is 0.0631. The zero-order chi connectivity index (χ0) is 16.8. The molecule has 0 aliphatic heterocycles. The molecule has 23 heavy (non-hydrogen) atoms. The van der Waals surface area contributed by atoms with Gasteiger partial charge in [0.2, 0.25) is 11.8 Å². The third kappa shape index (κ3) is 4.40. The average Bonchev–Trinajstić information content (AvgIpc) is 2.85. The number of nitrogens with zero attached hydrogens (tertiary/aromatic N) is 1. The van der Waals surface area contributed by atoms with Crippen LogP contribution in [0, 0.1) is 0 Å². The molecule has 0 unspecified atom stereocenters. The highest BCUT2D eigenvalue weighted by atomic mass is 16.7. The van der Waals surface area contributed by atoms with Gasteiger partial charge in [0, 0.05) is 12.1 Å². The number of hydrogen-bond acceptors (Lipinski definition) is 6. The van der Waals surface area contributed by atoms with Gasteiger partial charge in [0.1, 0.15) is 12.6 Å². The summed E-state index contributed by atoms with van der Waals surface area (Å²) >= 11 is 0. The van der Waals surface area contributed by atoms with E-state index in [1.807, 2.05) is 18.2 Å². The molecule has 0 saturated carbocycles. The highest BCUT2D eigenvalue weighted by Gasteiger charge is 2.21. The predicted molar refractivity (Wildman–Crippen MR) is 78.6 cm³/mol. The number of amides is 1. The molecule has 122 valence electrons. The van der Waals surface area contributed by atoms with Crippen molar-refractivity contribution in [3.8, 4) is 11.8 Å². The molecule has 8 heteroatoms. The van der Waals surface area contributed by atoms with Crippen LogP contribution in [-0.2, 0) is 16.1 Å². The number of carbonyl (C=O) groups is 2. The molecule has 0 fully saturated rings. The molecule has 1 aromatic heterocycles. The maximum absolute atomic E-state index is 11.8. The number of benzene rings is 1. The Bertz CT molecular complexity index is 663. The number of rotatable bonds is 5. The van der Waals surface area contributed by atoms with E-state index in [9.17, 15) is 19.8 Å². The lowest BCUT2D eigenvalue weighted by Gasteiger charge is -2.14. The van der Waals surface area contributed by atoms with Crippen molar-refractivity contribution in [3.05, 3.63) is 48.0 Å². The van der Waals surface area contributed by atoms with Crippen molar-refractivity contribution in [1.29, 1.82) is 0 Å². The van der Waals surface area contributed by atoms with Crippen molar-refractivity contribution in [2.75, 3.05) is 0 Å².